The molecule has 2 rings (SSSR count). The summed E-state index contributed by atoms with van der Waals surface area (Å²) >= 11 is 0. The molecule has 0 aliphatic heterocycles. The van der Waals surface area contributed by atoms with E-state index in [0.717, 1.165) is 18.4 Å². The van der Waals surface area contributed by atoms with E-state index in [1.165, 1.54) is 4.90 Å². The molecule has 0 spiro atoms. The number of rotatable bonds is 7. The minimum absolute atomic E-state index is 0.266. The predicted octanol–water partition coefficient (Wildman–Crippen LogP) is 0.880. The molecule has 3 N–H and O–H groups in total. The average molecular weight is 276 g/mol. The van der Waals surface area contributed by atoms with Crippen molar-refractivity contribution in [3.8, 4) is 0 Å². The molecule has 1 aliphatic carbocycles. The van der Waals surface area contributed by atoms with Gasteiger partial charge in [-0.3, -0.25) is 9.59 Å². The van der Waals surface area contributed by atoms with E-state index in [-0.39, 0.29) is 12.5 Å². The SMILES string of the molecule is NC(Cc1ccccc1)C(=O)N(CC(=O)O)CC1CC1. The Kier molecular flexibility index (Phi) is 4.74. The minimum Gasteiger partial charge on any atom is -0.480 e. The van der Waals surface area contributed by atoms with Crippen LogP contribution in [0.15, 0.2) is 30.3 Å². The highest BCUT2D eigenvalue weighted by Gasteiger charge is 2.30. The molecule has 1 aromatic carbocycles. The first-order valence-corrected chi connectivity index (χ1v) is 6.86. The van der Waals surface area contributed by atoms with E-state index in [1.54, 1.807) is 0 Å². The third-order valence-corrected chi connectivity index (χ3v) is 3.43. The Morgan fingerprint density at radius 3 is 2.50 bits per heavy atom. The van der Waals surface area contributed by atoms with Crippen LogP contribution in [0.5, 0.6) is 0 Å². The van der Waals surface area contributed by atoms with Crippen LogP contribution < -0.4 is 5.73 Å². The zero-order chi connectivity index (χ0) is 14.5. The van der Waals surface area contributed by atoms with Crippen LogP contribution in [0.25, 0.3) is 0 Å². The van der Waals surface area contributed by atoms with Crippen molar-refractivity contribution in [3.63, 3.8) is 0 Å². The Balaban J connectivity index is 1.96. The fourth-order valence-electron chi connectivity index (χ4n) is 2.20. The van der Waals surface area contributed by atoms with Gasteiger partial charge in [0.25, 0.3) is 0 Å². The third kappa shape index (κ3) is 4.35. The predicted molar refractivity (Wildman–Crippen MR) is 75.1 cm³/mol. The third-order valence-electron chi connectivity index (χ3n) is 3.43. The van der Waals surface area contributed by atoms with Crippen LogP contribution in [-0.4, -0.2) is 41.0 Å². The van der Waals surface area contributed by atoms with Crippen LogP contribution in [0.3, 0.4) is 0 Å². The van der Waals surface area contributed by atoms with Crippen LogP contribution >= 0.6 is 0 Å². The summed E-state index contributed by atoms with van der Waals surface area (Å²) in [5, 5.41) is 8.90. The van der Waals surface area contributed by atoms with Crippen LogP contribution in [-0.2, 0) is 16.0 Å². The molecule has 0 heterocycles. The van der Waals surface area contributed by atoms with Gasteiger partial charge < -0.3 is 15.7 Å². The summed E-state index contributed by atoms with van der Waals surface area (Å²) in [7, 11) is 0. The lowest BCUT2D eigenvalue weighted by Gasteiger charge is -2.24. The second-order valence-corrected chi connectivity index (χ2v) is 5.35. The Hall–Kier alpha value is -1.88. The standard InChI is InChI=1S/C15H20N2O3/c16-13(8-11-4-2-1-3-5-11)15(20)17(10-14(18)19)9-12-6-7-12/h1-5,12-13H,6-10,16H2,(H,18,19). The van der Waals surface area contributed by atoms with Crippen LogP contribution in [0.1, 0.15) is 18.4 Å². The summed E-state index contributed by atoms with van der Waals surface area (Å²) in [4.78, 5) is 24.5. The fourth-order valence-corrected chi connectivity index (χ4v) is 2.20. The number of carbonyl (C=O) groups is 2. The molecule has 1 atom stereocenters. The molecule has 1 amide bonds. The van der Waals surface area contributed by atoms with E-state index < -0.39 is 12.0 Å². The lowest BCUT2D eigenvalue weighted by Crippen LogP contribution is -2.47. The van der Waals surface area contributed by atoms with Crippen molar-refractivity contribution >= 4 is 11.9 Å². The van der Waals surface area contributed by atoms with E-state index in [0.29, 0.717) is 18.9 Å². The van der Waals surface area contributed by atoms with Crippen molar-refractivity contribution in [2.75, 3.05) is 13.1 Å². The molecule has 1 saturated carbocycles. The van der Waals surface area contributed by atoms with Gasteiger partial charge in [0.2, 0.25) is 5.91 Å². The Labute approximate surface area is 118 Å². The summed E-state index contributed by atoms with van der Waals surface area (Å²) in [6, 6.07) is 8.83. The number of nitrogens with two attached hydrogens (primary N) is 1. The van der Waals surface area contributed by atoms with Gasteiger partial charge in [0.05, 0.1) is 6.04 Å². The molecule has 20 heavy (non-hydrogen) atoms. The Bertz CT molecular complexity index is 471. The van der Waals surface area contributed by atoms with Crippen molar-refractivity contribution in [2.45, 2.75) is 25.3 Å². The lowest BCUT2D eigenvalue weighted by molar-refractivity contribution is -0.145. The maximum atomic E-state index is 12.3. The van der Waals surface area contributed by atoms with Gasteiger partial charge in [-0.1, -0.05) is 30.3 Å². The molecule has 1 fully saturated rings. The normalized spacial score (nSPS) is 15.7. The summed E-state index contributed by atoms with van der Waals surface area (Å²) in [5.41, 5.74) is 6.92. The van der Waals surface area contributed by atoms with Crippen LogP contribution in [0, 0.1) is 5.92 Å². The number of hydrogen-bond acceptors (Lipinski definition) is 3. The lowest BCUT2D eigenvalue weighted by atomic mass is 10.1. The van der Waals surface area contributed by atoms with E-state index in [2.05, 4.69) is 0 Å². The van der Waals surface area contributed by atoms with Crippen molar-refractivity contribution in [1.82, 2.24) is 4.90 Å². The molecule has 0 bridgehead atoms. The van der Waals surface area contributed by atoms with E-state index in [4.69, 9.17) is 10.8 Å². The number of hydrogen-bond donors (Lipinski definition) is 2. The van der Waals surface area contributed by atoms with Crippen molar-refractivity contribution < 1.29 is 14.7 Å². The van der Waals surface area contributed by atoms with Gasteiger partial charge in [-0.2, -0.15) is 0 Å². The molecular formula is C15H20N2O3. The number of amides is 1. The highest BCUT2D eigenvalue weighted by Crippen LogP contribution is 2.29. The Morgan fingerprint density at radius 1 is 1.30 bits per heavy atom. The number of benzene rings is 1. The van der Waals surface area contributed by atoms with E-state index in [9.17, 15) is 9.59 Å². The van der Waals surface area contributed by atoms with Gasteiger partial charge in [-0.05, 0) is 30.7 Å². The minimum atomic E-state index is -0.995. The van der Waals surface area contributed by atoms with Gasteiger partial charge in [0.15, 0.2) is 0 Å². The number of carbonyl (C=O) groups excluding carboxylic acids is 1. The number of aliphatic carboxylic acids is 1. The summed E-state index contributed by atoms with van der Waals surface area (Å²) < 4.78 is 0. The fraction of sp³-hybridized carbons (Fsp3) is 0.467. The van der Waals surface area contributed by atoms with Gasteiger partial charge in [-0.25, -0.2) is 0 Å². The van der Waals surface area contributed by atoms with Crippen molar-refractivity contribution in [1.29, 1.82) is 0 Å². The second-order valence-electron chi connectivity index (χ2n) is 5.35. The summed E-state index contributed by atoms with van der Waals surface area (Å²) in [6.45, 7) is 0.242. The molecule has 5 heteroatoms. The number of carboxylic acid groups (broad SMARTS) is 1. The highest BCUT2D eigenvalue weighted by atomic mass is 16.4. The van der Waals surface area contributed by atoms with Gasteiger partial charge >= 0.3 is 5.97 Å². The van der Waals surface area contributed by atoms with Crippen LogP contribution in [0.4, 0.5) is 0 Å². The van der Waals surface area contributed by atoms with E-state index >= 15 is 0 Å². The molecular weight excluding hydrogens is 256 g/mol. The average Bonchev–Trinajstić information content (AvgIpc) is 3.21. The zero-order valence-electron chi connectivity index (χ0n) is 11.4. The molecule has 0 aromatic heterocycles. The van der Waals surface area contributed by atoms with E-state index in [1.807, 2.05) is 30.3 Å². The largest absolute Gasteiger partial charge is 0.480 e. The van der Waals surface area contributed by atoms with Gasteiger partial charge in [0.1, 0.15) is 6.54 Å². The topological polar surface area (TPSA) is 83.6 Å². The first-order valence-electron chi connectivity index (χ1n) is 6.86. The molecule has 108 valence electrons. The van der Waals surface area contributed by atoms with Gasteiger partial charge in [-0.15, -0.1) is 0 Å². The Morgan fingerprint density at radius 2 is 1.95 bits per heavy atom. The number of nitrogens with zero attached hydrogens (tertiary/aromatic N) is 1. The van der Waals surface area contributed by atoms with Gasteiger partial charge in [0, 0.05) is 6.54 Å². The monoisotopic (exact) mass is 276 g/mol. The molecule has 5 nitrogen and oxygen atoms in total. The quantitative estimate of drug-likeness (QED) is 0.774. The van der Waals surface area contributed by atoms with Crippen molar-refractivity contribution in [2.24, 2.45) is 11.7 Å². The molecule has 1 unspecified atom stereocenters. The summed E-state index contributed by atoms with van der Waals surface area (Å²) in [5.74, 6) is -0.823. The zero-order valence-corrected chi connectivity index (χ0v) is 11.4. The van der Waals surface area contributed by atoms with Crippen LogP contribution in [0.2, 0.25) is 0 Å². The molecule has 0 saturated heterocycles. The van der Waals surface area contributed by atoms with Crippen molar-refractivity contribution in [3.05, 3.63) is 35.9 Å². The molecule has 1 aromatic rings. The first-order chi connectivity index (χ1) is 9.56. The smallest absolute Gasteiger partial charge is 0.323 e. The number of carboxylic acids is 1. The second kappa shape index (κ2) is 6.52. The first kappa shape index (κ1) is 14.5. The summed E-state index contributed by atoms with van der Waals surface area (Å²) in [6.07, 6.45) is 2.56. The maximum Gasteiger partial charge on any atom is 0.323 e. The highest BCUT2D eigenvalue weighted by molar-refractivity contribution is 5.85. The molecule has 1 aliphatic rings. The maximum absolute atomic E-state index is 12.3. The molecule has 0 radical (unpaired) electrons.